The molecule has 0 radical (unpaired) electrons. The maximum atomic E-state index is 12.6. The number of aromatic nitrogens is 1. The molecule has 2 nitrogen and oxygen atoms in total. The van der Waals surface area contributed by atoms with Gasteiger partial charge in [0.25, 0.3) is 0 Å². The summed E-state index contributed by atoms with van der Waals surface area (Å²) in [7, 11) is 0. The van der Waals surface area contributed by atoms with Crippen LogP contribution >= 0.6 is 0 Å². The average molecular weight is 259 g/mol. The van der Waals surface area contributed by atoms with Gasteiger partial charge in [-0.05, 0) is 47.6 Å². The Morgan fingerprint density at radius 3 is 2.55 bits per heavy atom. The van der Waals surface area contributed by atoms with Gasteiger partial charge in [0, 0.05) is 17.1 Å². The number of ketones is 1. The van der Waals surface area contributed by atoms with Gasteiger partial charge in [0.1, 0.15) is 5.69 Å². The van der Waals surface area contributed by atoms with Crippen LogP contribution in [0, 0.1) is 13.8 Å². The Bertz CT molecular complexity index is 893. The maximum absolute atomic E-state index is 12.6. The smallest absolute Gasteiger partial charge is 0.212 e. The number of aryl methyl sites for hydroxylation is 1. The number of pyridine rings is 1. The molecule has 2 heteroatoms. The zero-order chi connectivity index (χ0) is 13.9. The Balaban J connectivity index is 2.32. The van der Waals surface area contributed by atoms with Crippen molar-refractivity contribution < 1.29 is 4.79 Å². The van der Waals surface area contributed by atoms with Crippen LogP contribution in [0.25, 0.3) is 21.9 Å². The van der Waals surface area contributed by atoms with Gasteiger partial charge in [-0.2, -0.15) is 0 Å². The Kier molecular flexibility index (Phi) is 2.14. The Labute approximate surface area is 117 Å². The van der Waals surface area contributed by atoms with E-state index in [4.69, 9.17) is 0 Å². The van der Waals surface area contributed by atoms with E-state index < -0.39 is 0 Å². The van der Waals surface area contributed by atoms with Crippen LogP contribution in [0.15, 0.2) is 42.6 Å². The van der Waals surface area contributed by atoms with Crippen molar-refractivity contribution in [1.82, 2.24) is 4.98 Å². The summed E-state index contributed by atoms with van der Waals surface area (Å²) in [6.07, 6.45) is 1.72. The topological polar surface area (TPSA) is 30.0 Å². The van der Waals surface area contributed by atoms with Crippen LogP contribution in [0.3, 0.4) is 0 Å². The number of benzene rings is 2. The fraction of sp³-hybridized carbons (Fsp3) is 0.111. The number of nitrogens with zero attached hydrogens (tertiary/aromatic N) is 1. The van der Waals surface area contributed by atoms with Crippen molar-refractivity contribution in [2.24, 2.45) is 0 Å². The molecule has 1 aliphatic rings. The lowest BCUT2D eigenvalue weighted by atomic mass is 9.82. The molecule has 0 saturated heterocycles. The minimum Gasteiger partial charge on any atom is -0.287 e. The van der Waals surface area contributed by atoms with E-state index in [9.17, 15) is 4.79 Å². The van der Waals surface area contributed by atoms with Crippen molar-refractivity contribution in [3.63, 3.8) is 0 Å². The second-order valence-corrected chi connectivity index (χ2v) is 5.33. The van der Waals surface area contributed by atoms with Crippen LogP contribution in [0.5, 0.6) is 0 Å². The zero-order valence-corrected chi connectivity index (χ0v) is 11.4. The van der Waals surface area contributed by atoms with Crippen LogP contribution in [0.2, 0.25) is 0 Å². The van der Waals surface area contributed by atoms with Gasteiger partial charge >= 0.3 is 0 Å². The van der Waals surface area contributed by atoms with Crippen molar-refractivity contribution in [2.75, 3.05) is 0 Å². The zero-order valence-electron chi connectivity index (χ0n) is 11.4. The highest BCUT2D eigenvalue weighted by Crippen LogP contribution is 2.41. The van der Waals surface area contributed by atoms with Crippen molar-refractivity contribution in [2.45, 2.75) is 13.8 Å². The summed E-state index contributed by atoms with van der Waals surface area (Å²) in [4.78, 5) is 17.0. The molecule has 0 saturated carbocycles. The molecule has 0 fully saturated rings. The highest BCUT2D eigenvalue weighted by molar-refractivity contribution is 6.25. The van der Waals surface area contributed by atoms with Gasteiger partial charge < -0.3 is 0 Å². The molecule has 0 atom stereocenters. The standard InChI is InChI=1S/C18H13NO/c1-10-9-12-7-8-19-17-16(12)15(11(10)2)13-5-3-4-6-14(13)18(17)20/h3-9H,1-2H3. The van der Waals surface area contributed by atoms with Crippen molar-refractivity contribution in [3.05, 3.63) is 65.0 Å². The number of hydrogen-bond donors (Lipinski definition) is 0. The van der Waals surface area contributed by atoms with Crippen LogP contribution < -0.4 is 0 Å². The fourth-order valence-corrected chi connectivity index (χ4v) is 3.12. The summed E-state index contributed by atoms with van der Waals surface area (Å²) in [6, 6.07) is 11.9. The highest BCUT2D eigenvalue weighted by atomic mass is 16.1. The first kappa shape index (κ1) is 11.4. The Morgan fingerprint density at radius 2 is 1.75 bits per heavy atom. The Morgan fingerprint density at radius 1 is 1.00 bits per heavy atom. The number of carbonyl (C=O) groups is 1. The van der Waals surface area contributed by atoms with Crippen LogP contribution in [-0.2, 0) is 0 Å². The minimum absolute atomic E-state index is 0.0296. The van der Waals surface area contributed by atoms with Gasteiger partial charge in [0.2, 0.25) is 5.78 Å². The molecule has 1 aliphatic carbocycles. The van der Waals surface area contributed by atoms with Crippen LogP contribution in [0.4, 0.5) is 0 Å². The van der Waals surface area contributed by atoms with Gasteiger partial charge in [0.15, 0.2) is 0 Å². The van der Waals surface area contributed by atoms with Gasteiger partial charge in [-0.3, -0.25) is 9.78 Å². The molecule has 0 aliphatic heterocycles. The first-order valence-corrected chi connectivity index (χ1v) is 6.71. The summed E-state index contributed by atoms with van der Waals surface area (Å²) in [6.45, 7) is 4.23. The lowest BCUT2D eigenvalue weighted by Crippen LogP contribution is -2.12. The molecule has 1 heterocycles. The SMILES string of the molecule is Cc1cc2ccnc3c2c(c1C)-c1ccccc1C3=O. The largest absolute Gasteiger partial charge is 0.287 e. The van der Waals surface area contributed by atoms with Crippen molar-refractivity contribution in [1.29, 1.82) is 0 Å². The summed E-state index contributed by atoms with van der Waals surface area (Å²) < 4.78 is 0. The fourth-order valence-electron chi connectivity index (χ4n) is 3.12. The predicted octanol–water partition coefficient (Wildman–Crippen LogP) is 4.06. The lowest BCUT2D eigenvalue weighted by molar-refractivity contribution is 0.103. The summed E-state index contributed by atoms with van der Waals surface area (Å²) >= 11 is 0. The number of fused-ring (bicyclic) bond motifs is 2. The van der Waals surface area contributed by atoms with E-state index in [1.54, 1.807) is 6.20 Å². The quantitative estimate of drug-likeness (QED) is 0.476. The molecule has 20 heavy (non-hydrogen) atoms. The third-order valence-corrected chi connectivity index (χ3v) is 4.23. The van der Waals surface area contributed by atoms with Crippen LogP contribution in [-0.4, -0.2) is 10.8 Å². The first-order chi connectivity index (χ1) is 9.68. The van der Waals surface area contributed by atoms with Crippen molar-refractivity contribution >= 4 is 16.6 Å². The molecule has 4 rings (SSSR count). The Hall–Kier alpha value is -2.48. The minimum atomic E-state index is 0.0296. The van der Waals surface area contributed by atoms with E-state index in [0.29, 0.717) is 5.69 Å². The maximum Gasteiger partial charge on any atom is 0.212 e. The molecular weight excluding hydrogens is 246 g/mol. The molecule has 0 spiro atoms. The van der Waals surface area contributed by atoms with E-state index >= 15 is 0 Å². The van der Waals surface area contributed by atoms with Gasteiger partial charge in [0.05, 0.1) is 0 Å². The van der Waals surface area contributed by atoms with E-state index in [2.05, 4.69) is 24.9 Å². The normalized spacial score (nSPS) is 12.6. The molecule has 96 valence electrons. The average Bonchev–Trinajstić information content (AvgIpc) is 2.47. The third kappa shape index (κ3) is 1.28. The van der Waals surface area contributed by atoms with E-state index in [0.717, 1.165) is 21.9 Å². The second-order valence-electron chi connectivity index (χ2n) is 5.33. The predicted molar refractivity (Wildman–Crippen MR) is 80.1 cm³/mol. The summed E-state index contributed by atoms with van der Waals surface area (Å²) in [5.41, 5.74) is 6.01. The molecule has 0 amide bonds. The molecule has 0 unspecified atom stereocenters. The second kappa shape index (κ2) is 3.76. The van der Waals surface area contributed by atoms with Gasteiger partial charge in [-0.15, -0.1) is 0 Å². The first-order valence-electron chi connectivity index (χ1n) is 6.71. The van der Waals surface area contributed by atoms with E-state index in [1.165, 1.54) is 16.7 Å². The molecule has 2 aromatic carbocycles. The van der Waals surface area contributed by atoms with E-state index in [1.807, 2.05) is 30.3 Å². The third-order valence-electron chi connectivity index (χ3n) is 4.23. The monoisotopic (exact) mass is 259 g/mol. The van der Waals surface area contributed by atoms with Gasteiger partial charge in [-0.25, -0.2) is 0 Å². The van der Waals surface area contributed by atoms with E-state index in [-0.39, 0.29) is 5.78 Å². The number of hydrogen-bond acceptors (Lipinski definition) is 2. The molecule has 0 bridgehead atoms. The highest BCUT2D eigenvalue weighted by Gasteiger charge is 2.27. The lowest BCUT2D eigenvalue weighted by Gasteiger charge is -2.22. The molecular formula is C18H13NO. The molecule has 0 N–H and O–H groups in total. The van der Waals surface area contributed by atoms with Crippen molar-refractivity contribution in [3.8, 4) is 11.1 Å². The summed E-state index contributed by atoms with van der Waals surface area (Å²) in [5, 5.41) is 2.09. The molecule has 1 aromatic heterocycles. The van der Waals surface area contributed by atoms with Crippen LogP contribution in [0.1, 0.15) is 27.2 Å². The molecule has 3 aromatic rings. The number of rotatable bonds is 0. The van der Waals surface area contributed by atoms with Gasteiger partial charge in [-0.1, -0.05) is 30.3 Å². The summed E-state index contributed by atoms with van der Waals surface area (Å²) in [5.74, 6) is 0.0296. The number of carbonyl (C=O) groups excluding carboxylic acids is 1.